The Bertz CT molecular complexity index is 314. The van der Waals surface area contributed by atoms with Crippen molar-refractivity contribution < 1.29 is 9.84 Å². The van der Waals surface area contributed by atoms with Gasteiger partial charge in [-0.25, -0.2) is 0 Å². The summed E-state index contributed by atoms with van der Waals surface area (Å²) in [5, 5.41) is 9.44. The molecule has 0 radical (unpaired) electrons. The molecule has 1 saturated heterocycles. The Hall–Kier alpha value is -0.860. The Morgan fingerprint density at radius 2 is 2.27 bits per heavy atom. The van der Waals surface area contributed by atoms with Gasteiger partial charge < -0.3 is 9.84 Å². The van der Waals surface area contributed by atoms with Gasteiger partial charge in [0, 0.05) is 12.5 Å². The maximum absolute atomic E-state index is 9.44. The average molecular weight is 206 g/mol. The summed E-state index contributed by atoms with van der Waals surface area (Å²) in [5.41, 5.74) is 2.62. The van der Waals surface area contributed by atoms with Crippen LogP contribution in [0, 0.1) is 0 Å². The fourth-order valence-corrected chi connectivity index (χ4v) is 2.22. The first kappa shape index (κ1) is 10.7. The van der Waals surface area contributed by atoms with Gasteiger partial charge in [-0.15, -0.1) is 0 Å². The third-order valence-electron chi connectivity index (χ3n) is 2.94. The molecule has 1 aromatic rings. The first-order chi connectivity index (χ1) is 7.27. The summed E-state index contributed by atoms with van der Waals surface area (Å²) in [7, 11) is 0. The predicted octanol–water partition coefficient (Wildman–Crippen LogP) is 2.11. The van der Waals surface area contributed by atoms with Crippen LogP contribution in [0.2, 0.25) is 0 Å². The number of aliphatic hydroxyl groups is 1. The van der Waals surface area contributed by atoms with Gasteiger partial charge in [-0.2, -0.15) is 0 Å². The second-order valence-corrected chi connectivity index (χ2v) is 4.31. The van der Waals surface area contributed by atoms with Crippen molar-refractivity contribution in [2.45, 2.75) is 31.8 Å². The van der Waals surface area contributed by atoms with E-state index >= 15 is 0 Å². The highest BCUT2D eigenvalue weighted by Gasteiger charge is 2.20. The molecular formula is C13H18O2. The van der Waals surface area contributed by atoms with Crippen LogP contribution in [-0.2, 0) is 11.2 Å². The summed E-state index contributed by atoms with van der Waals surface area (Å²) in [6, 6.07) is 8.38. The largest absolute Gasteiger partial charge is 0.393 e. The van der Waals surface area contributed by atoms with Gasteiger partial charge in [0.25, 0.3) is 0 Å². The molecule has 0 spiro atoms. The molecule has 15 heavy (non-hydrogen) atoms. The van der Waals surface area contributed by atoms with Gasteiger partial charge >= 0.3 is 0 Å². The minimum absolute atomic E-state index is 0.270. The summed E-state index contributed by atoms with van der Waals surface area (Å²) >= 11 is 0. The van der Waals surface area contributed by atoms with Crippen LogP contribution in [-0.4, -0.2) is 24.4 Å². The lowest BCUT2D eigenvalue weighted by Crippen LogP contribution is -2.09. The highest BCUT2D eigenvalue weighted by Crippen LogP contribution is 2.28. The van der Waals surface area contributed by atoms with E-state index in [0.29, 0.717) is 5.92 Å². The lowest BCUT2D eigenvalue weighted by atomic mass is 9.91. The summed E-state index contributed by atoms with van der Waals surface area (Å²) in [4.78, 5) is 0. The van der Waals surface area contributed by atoms with Crippen molar-refractivity contribution >= 4 is 0 Å². The SMILES string of the molecule is CC(O)Cc1ccccc1C1CCOC1. The third kappa shape index (κ3) is 2.58. The molecule has 2 unspecified atom stereocenters. The molecule has 1 fully saturated rings. The molecule has 82 valence electrons. The van der Waals surface area contributed by atoms with Gasteiger partial charge in [0.2, 0.25) is 0 Å². The highest BCUT2D eigenvalue weighted by molar-refractivity contribution is 5.31. The van der Waals surface area contributed by atoms with E-state index in [2.05, 4.69) is 18.2 Å². The lowest BCUT2D eigenvalue weighted by Gasteiger charge is -2.15. The standard InChI is InChI=1S/C13H18O2/c1-10(14)8-11-4-2-3-5-13(11)12-6-7-15-9-12/h2-5,10,12,14H,6-9H2,1H3. The van der Waals surface area contributed by atoms with Crippen molar-refractivity contribution in [2.24, 2.45) is 0 Å². The number of benzene rings is 1. The number of aliphatic hydroxyl groups excluding tert-OH is 1. The maximum atomic E-state index is 9.44. The van der Waals surface area contributed by atoms with Gasteiger partial charge in [0.15, 0.2) is 0 Å². The van der Waals surface area contributed by atoms with Crippen LogP contribution in [0.1, 0.15) is 30.4 Å². The van der Waals surface area contributed by atoms with Crippen LogP contribution in [0.15, 0.2) is 24.3 Å². The first-order valence-corrected chi connectivity index (χ1v) is 5.61. The molecule has 2 nitrogen and oxygen atoms in total. The van der Waals surface area contributed by atoms with Crippen LogP contribution in [0.3, 0.4) is 0 Å². The van der Waals surface area contributed by atoms with Crippen molar-refractivity contribution in [3.05, 3.63) is 35.4 Å². The van der Waals surface area contributed by atoms with E-state index in [9.17, 15) is 5.11 Å². The Balaban J connectivity index is 2.20. The van der Waals surface area contributed by atoms with E-state index in [1.54, 1.807) is 0 Å². The summed E-state index contributed by atoms with van der Waals surface area (Å²) in [6.45, 7) is 3.53. The molecule has 1 heterocycles. The second kappa shape index (κ2) is 4.77. The second-order valence-electron chi connectivity index (χ2n) is 4.31. The monoisotopic (exact) mass is 206 g/mol. The molecule has 0 aliphatic carbocycles. The number of rotatable bonds is 3. The fraction of sp³-hybridized carbons (Fsp3) is 0.538. The van der Waals surface area contributed by atoms with Crippen LogP contribution in [0.4, 0.5) is 0 Å². The molecule has 1 aliphatic heterocycles. The molecular weight excluding hydrogens is 188 g/mol. The first-order valence-electron chi connectivity index (χ1n) is 5.61. The van der Waals surface area contributed by atoms with Crippen molar-refractivity contribution in [1.82, 2.24) is 0 Å². The Kier molecular flexibility index (Phi) is 3.39. The van der Waals surface area contributed by atoms with Crippen LogP contribution in [0.25, 0.3) is 0 Å². The molecule has 1 aromatic carbocycles. The molecule has 2 atom stereocenters. The predicted molar refractivity (Wildman–Crippen MR) is 60.0 cm³/mol. The zero-order chi connectivity index (χ0) is 10.7. The van der Waals surface area contributed by atoms with E-state index in [1.165, 1.54) is 11.1 Å². The van der Waals surface area contributed by atoms with Gasteiger partial charge in [0.1, 0.15) is 0 Å². The van der Waals surface area contributed by atoms with Gasteiger partial charge in [0.05, 0.1) is 12.7 Å². The Morgan fingerprint density at radius 3 is 2.93 bits per heavy atom. The molecule has 0 amide bonds. The highest BCUT2D eigenvalue weighted by atomic mass is 16.5. The molecule has 0 aromatic heterocycles. The topological polar surface area (TPSA) is 29.5 Å². The van der Waals surface area contributed by atoms with E-state index in [4.69, 9.17) is 4.74 Å². The summed E-state index contributed by atoms with van der Waals surface area (Å²) in [5.74, 6) is 0.528. The van der Waals surface area contributed by atoms with Crippen LogP contribution in [0.5, 0.6) is 0 Å². The van der Waals surface area contributed by atoms with Gasteiger partial charge in [-0.1, -0.05) is 24.3 Å². The summed E-state index contributed by atoms with van der Waals surface area (Å²) < 4.78 is 5.41. The van der Waals surface area contributed by atoms with E-state index in [0.717, 1.165) is 26.1 Å². The van der Waals surface area contributed by atoms with Crippen LogP contribution < -0.4 is 0 Å². The van der Waals surface area contributed by atoms with Crippen molar-refractivity contribution in [1.29, 1.82) is 0 Å². The quantitative estimate of drug-likeness (QED) is 0.820. The molecule has 1 N–H and O–H groups in total. The Morgan fingerprint density at radius 1 is 1.47 bits per heavy atom. The number of hydrogen-bond acceptors (Lipinski definition) is 2. The van der Waals surface area contributed by atoms with E-state index in [1.807, 2.05) is 13.0 Å². The number of hydrogen-bond donors (Lipinski definition) is 1. The van der Waals surface area contributed by atoms with E-state index in [-0.39, 0.29) is 6.10 Å². The third-order valence-corrected chi connectivity index (χ3v) is 2.94. The molecule has 0 saturated carbocycles. The smallest absolute Gasteiger partial charge is 0.0552 e. The van der Waals surface area contributed by atoms with Crippen molar-refractivity contribution in [2.75, 3.05) is 13.2 Å². The zero-order valence-corrected chi connectivity index (χ0v) is 9.15. The van der Waals surface area contributed by atoms with Crippen molar-refractivity contribution in [3.63, 3.8) is 0 Å². The maximum Gasteiger partial charge on any atom is 0.0552 e. The minimum Gasteiger partial charge on any atom is -0.393 e. The normalized spacial score (nSPS) is 22.9. The van der Waals surface area contributed by atoms with Crippen LogP contribution >= 0.6 is 0 Å². The van der Waals surface area contributed by atoms with Gasteiger partial charge in [-0.05, 0) is 30.9 Å². The lowest BCUT2D eigenvalue weighted by molar-refractivity contribution is 0.191. The summed E-state index contributed by atoms with van der Waals surface area (Å²) in [6.07, 6.45) is 1.58. The molecule has 1 aliphatic rings. The van der Waals surface area contributed by atoms with Gasteiger partial charge in [-0.3, -0.25) is 0 Å². The molecule has 2 rings (SSSR count). The molecule has 0 bridgehead atoms. The Labute approximate surface area is 90.9 Å². The number of ether oxygens (including phenoxy) is 1. The minimum atomic E-state index is -0.270. The zero-order valence-electron chi connectivity index (χ0n) is 9.15. The van der Waals surface area contributed by atoms with E-state index < -0.39 is 0 Å². The fourth-order valence-electron chi connectivity index (χ4n) is 2.22. The van der Waals surface area contributed by atoms with Crippen molar-refractivity contribution in [3.8, 4) is 0 Å². The molecule has 2 heteroatoms. The average Bonchev–Trinajstić information content (AvgIpc) is 2.70.